The van der Waals surface area contributed by atoms with Gasteiger partial charge in [-0.05, 0) is 42.5 Å². The van der Waals surface area contributed by atoms with Crippen LogP contribution in [0, 0.1) is 11.6 Å². The second kappa shape index (κ2) is 8.21. The molecule has 1 amide bonds. The molecule has 0 N–H and O–H groups in total. The maximum Gasteiger partial charge on any atom is 0.273 e. The van der Waals surface area contributed by atoms with Gasteiger partial charge in [-0.25, -0.2) is 22.2 Å². The molecule has 1 aromatic heterocycles. The number of halogens is 2. The van der Waals surface area contributed by atoms with Crippen LogP contribution >= 0.6 is 11.3 Å². The Morgan fingerprint density at radius 1 is 0.967 bits per heavy atom. The van der Waals surface area contributed by atoms with Gasteiger partial charge in [-0.3, -0.25) is 4.79 Å². The molecule has 2 heterocycles. The summed E-state index contributed by atoms with van der Waals surface area (Å²) in [4.78, 5) is 18.5. The van der Waals surface area contributed by atoms with E-state index in [0.29, 0.717) is 10.6 Å². The molecule has 0 bridgehead atoms. The first-order valence-corrected chi connectivity index (χ1v) is 11.4. The Morgan fingerprint density at radius 3 is 2.33 bits per heavy atom. The number of amides is 1. The molecule has 2 aromatic carbocycles. The zero-order valence-corrected chi connectivity index (χ0v) is 17.3. The van der Waals surface area contributed by atoms with E-state index in [-0.39, 0.29) is 48.5 Å². The normalized spacial score (nSPS) is 15.3. The molecule has 1 aliphatic rings. The number of carbonyl (C=O) groups excluding carboxylic acids is 1. The number of hydrogen-bond donors (Lipinski definition) is 0. The Kier molecular flexibility index (Phi) is 5.63. The van der Waals surface area contributed by atoms with E-state index >= 15 is 0 Å². The average molecular weight is 450 g/mol. The van der Waals surface area contributed by atoms with Gasteiger partial charge in [-0.2, -0.15) is 4.31 Å². The van der Waals surface area contributed by atoms with Crippen molar-refractivity contribution in [2.45, 2.75) is 4.90 Å². The van der Waals surface area contributed by atoms with E-state index in [4.69, 9.17) is 0 Å². The molecular formula is C20H17F2N3O3S2. The fourth-order valence-corrected chi connectivity index (χ4v) is 5.42. The van der Waals surface area contributed by atoms with Crippen LogP contribution in [-0.2, 0) is 10.0 Å². The van der Waals surface area contributed by atoms with Gasteiger partial charge in [0, 0.05) is 37.1 Å². The van der Waals surface area contributed by atoms with Crippen LogP contribution in [0.25, 0.3) is 10.6 Å². The number of piperazine rings is 1. The van der Waals surface area contributed by atoms with Crippen LogP contribution in [-0.4, -0.2) is 54.7 Å². The van der Waals surface area contributed by atoms with Crippen molar-refractivity contribution in [1.82, 2.24) is 14.2 Å². The van der Waals surface area contributed by atoms with Gasteiger partial charge >= 0.3 is 0 Å². The van der Waals surface area contributed by atoms with Gasteiger partial charge in [0.2, 0.25) is 10.0 Å². The quantitative estimate of drug-likeness (QED) is 0.613. The van der Waals surface area contributed by atoms with Gasteiger partial charge in [0.1, 0.15) is 22.3 Å². The van der Waals surface area contributed by atoms with Crippen LogP contribution in [0.4, 0.5) is 8.78 Å². The molecule has 1 aliphatic heterocycles. The van der Waals surface area contributed by atoms with E-state index in [2.05, 4.69) is 4.98 Å². The monoisotopic (exact) mass is 449 g/mol. The van der Waals surface area contributed by atoms with Crippen molar-refractivity contribution < 1.29 is 22.0 Å². The van der Waals surface area contributed by atoms with E-state index in [1.54, 1.807) is 22.4 Å². The highest BCUT2D eigenvalue weighted by Crippen LogP contribution is 2.25. The molecule has 0 radical (unpaired) electrons. The lowest BCUT2D eigenvalue weighted by Gasteiger charge is -2.33. The molecule has 0 aliphatic carbocycles. The Morgan fingerprint density at radius 2 is 1.67 bits per heavy atom. The highest BCUT2D eigenvalue weighted by Gasteiger charge is 2.31. The molecule has 1 fully saturated rings. The van der Waals surface area contributed by atoms with Crippen LogP contribution in [0.15, 0.2) is 58.8 Å². The van der Waals surface area contributed by atoms with Gasteiger partial charge in [-0.1, -0.05) is 6.07 Å². The van der Waals surface area contributed by atoms with Gasteiger partial charge in [0.15, 0.2) is 0 Å². The van der Waals surface area contributed by atoms with Crippen molar-refractivity contribution in [2.75, 3.05) is 26.2 Å². The van der Waals surface area contributed by atoms with Crippen molar-refractivity contribution >= 4 is 27.3 Å². The molecule has 30 heavy (non-hydrogen) atoms. The van der Waals surface area contributed by atoms with Gasteiger partial charge in [0.05, 0.1) is 4.90 Å². The molecule has 4 rings (SSSR count). The van der Waals surface area contributed by atoms with Gasteiger partial charge in [0.25, 0.3) is 5.91 Å². The Hall–Kier alpha value is -2.69. The first kappa shape index (κ1) is 20.6. The number of aromatic nitrogens is 1. The smallest absolute Gasteiger partial charge is 0.273 e. The molecule has 3 aromatic rings. The third-order valence-electron chi connectivity index (χ3n) is 4.77. The average Bonchev–Trinajstić information content (AvgIpc) is 3.24. The zero-order chi connectivity index (χ0) is 21.3. The van der Waals surface area contributed by atoms with Crippen LogP contribution in [0.5, 0.6) is 0 Å². The van der Waals surface area contributed by atoms with Crippen LogP contribution in [0.1, 0.15) is 10.5 Å². The molecule has 156 valence electrons. The molecule has 10 heteroatoms. The molecule has 0 atom stereocenters. The van der Waals surface area contributed by atoms with Crippen molar-refractivity contribution in [3.8, 4) is 10.6 Å². The van der Waals surface area contributed by atoms with Crippen molar-refractivity contribution in [1.29, 1.82) is 0 Å². The van der Waals surface area contributed by atoms with Gasteiger partial charge in [-0.15, -0.1) is 11.3 Å². The van der Waals surface area contributed by atoms with Crippen LogP contribution < -0.4 is 0 Å². The Balaban J connectivity index is 1.43. The second-order valence-electron chi connectivity index (χ2n) is 6.70. The predicted molar refractivity (Wildman–Crippen MR) is 109 cm³/mol. The number of benzene rings is 2. The lowest BCUT2D eigenvalue weighted by molar-refractivity contribution is 0.0693. The predicted octanol–water partition coefficient (Wildman–Crippen LogP) is 3.24. The lowest BCUT2D eigenvalue weighted by atomic mass is 10.2. The summed E-state index contributed by atoms with van der Waals surface area (Å²) in [6, 6.07) is 10.7. The summed E-state index contributed by atoms with van der Waals surface area (Å²) >= 11 is 1.28. The number of carbonyl (C=O) groups is 1. The number of thiazole rings is 1. The summed E-state index contributed by atoms with van der Waals surface area (Å²) in [6.45, 7) is 0.632. The summed E-state index contributed by atoms with van der Waals surface area (Å²) in [6.07, 6.45) is 0. The minimum Gasteiger partial charge on any atom is -0.335 e. The number of hydrogen-bond acceptors (Lipinski definition) is 5. The van der Waals surface area contributed by atoms with Crippen molar-refractivity contribution in [2.24, 2.45) is 0 Å². The number of sulfonamides is 1. The van der Waals surface area contributed by atoms with Crippen LogP contribution in [0.2, 0.25) is 0 Å². The summed E-state index contributed by atoms with van der Waals surface area (Å²) in [5.74, 6) is -1.26. The molecule has 0 saturated carbocycles. The highest BCUT2D eigenvalue weighted by atomic mass is 32.2. The molecule has 0 unspecified atom stereocenters. The van der Waals surface area contributed by atoms with Crippen LogP contribution in [0.3, 0.4) is 0 Å². The summed E-state index contributed by atoms with van der Waals surface area (Å²) in [5, 5.41) is 2.24. The Bertz CT molecular complexity index is 1170. The van der Waals surface area contributed by atoms with E-state index in [0.717, 1.165) is 6.07 Å². The first-order chi connectivity index (χ1) is 14.3. The summed E-state index contributed by atoms with van der Waals surface area (Å²) in [5.41, 5.74) is 0.979. The van der Waals surface area contributed by atoms with Crippen molar-refractivity contribution in [3.05, 3.63) is 71.2 Å². The fraction of sp³-hybridized carbons (Fsp3) is 0.200. The summed E-state index contributed by atoms with van der Waals surface area (Å²) < 4.78 is 53.1. The van der Waals surface area contributed by atoms with E-state index in [1.807, 2.05) is 0 Å². The van der Waals surface area contributed by atoms with E-state index < -0.39 is 15.8 Å². The maximum absolute atomic E-state index is 13.4. The van der Waals surface area contributed by atoms with Gasteiger partial charge < -0.3 is 4.90 Å². The third kappa shape index (κ3) is 4.11. The minimum absolute atomic E-state index is 0.106. The number of rotatable bonds is 4. The van der Waals surface area contributed by atoms with E-state index in [9.17, 15) is 22.0 Å². The van der Waals surface area contributed by atoms with Crippen molar-refractivity contribution in [3.63, 3.8) is 0 Å². The van der Waals surface area contributed by atoms with E-state index in [1.165, 1.54) is 46.0 Å². The maximum atomic E-state index is 13.4. The molecular weight excluding hydrogens is 432 g/mol. The minimum atomic E-state index is -3.82. The highest BCUT2D eigenvalue weighted by molar-refractivity contribution is 7.89. The standard InChI is InChI=1S/C20H17F2N3O3S2/c21-15-6-4-14(5-7-15)19-23-18(13-29-19)20(26)24-8-10-25(11-9-24)30(27,28)17-3-1-2-16(22)12-17/h1-7,12-13H,8-11H2. The number of nitrogens with zero attached hydrogens (tertiary/aromatic N) is 3. The summed E-state index contributed by atoms with van der Waals surface area (Å²) in [7, 11) is -3.82. The molecule has 0 spiro atoms. The fourth-order valence-electron chi connectivity index (χ4n) is 3.17. The SMILES string of the molecule is O=C(c1csc(-c2ccc(F)cc2)n1)N1CCN(S(=O)(=O)c2cccc(F)c2)CC1. The largest absolute Gasteiger partial charge is 0.335 e. The Labute approximate surface area is 176 Å². The second-order valence-corrected chi connectivity index (χ2v) is 9.49. The molecule has 6 nitrogen and oxygen atoms in total. The zero-order valence-electron chi connectivity index (χ0n) is 15.7. The molecule has 1 saturated heterocycles. The lowest BCUT2D eigenvalue weighted by Crippen LogP contribution is -2.50. The topological polar surface area (TPSA) is 70.6 Å². The third-order valence-corrected chi connectivity index (χ3v) is 7.56. The first-order valence-electron chi connectivity index (χ1n) is 9.11.